The Bertz CT molecular complexity index is 660. The molecule has 2 nitrogen and oxygen atoms in total. The third-order valence-corrected chi connectivity index (χ3v) is 5.13. The third kappa shape index (κ3) is 3.85. The lowest BCUT2D eigenvalue weighted by Gasteiger charge is -2.48. The van der Waals surface area contributed by atoms with E-state index in [2.05, 4.69) is 86.8 Å². The fraction of sp³-hybridized carbons (Fsp3) is 0.435. The van der Waals surface area contributed by atoms with Crippen LogP contribution in [0.15, 0.2) is 60.7 Å². The monoisotopic (exact) mass is 335 g/mol. The van der Waals surface area contributed by atoms with Crippen LogP contribution in [-0.2, 0) is 10.3 Å². The predicted molar refractivity (Wildman–Crippen MR) is 104 cm³/mol. The highest BCUT2D eigenvalue weighted by atomic mass is 16.1. The van der Waals surface area contributed by atoms with Crippen LogP contribution in [0.25, 0.3) is 0 Å². The highest BCUT2D eigenvalue weighted by Crippen LogP contribution is 2.44. The van der Waals surface area contributed by atoms with Gasteiger partial charge in [-0.05, 0) is 50.7 Å². The number of Topliss-reactive ketones (excluding diaryl/α,β-unsaturated/α-hetero) is 1. The molecule has 1 N–H and O–H groups in total. The van der Waals surface area contributed by atoms with Gasteiger partial charge in [-0.3, -0.25) is 10.1 Å². The van der Waals surface area contributed by atoms with Gasteiger partial charge in [0.2, 0.25) is 0 Å². The topological polar surface area (TPSA) is 29.1 Å². The number of nitrogens with one attached hydrogen (secondary N) is 1. The molecule has 1 unspecified atom stereocenters. The van der Waals surface area contributed by atoms with E-state index in [1.807, 2.05) is 0 Å². The summed E-state index contributed by atoms with van der Waals surface area (Å²) in [6.07, 6.45) is 3.42. The van der Waals surface area contributed by atoms with Gasteiger partial charge in [-0.15, -0.1) is 0 Å². The van der Waals surface area contributed by atoms with Crippen LogP contribution in [0.4, 0.5) is 0 Å². The van der Waals surface area contributed by atoms with E-state index < -0.39 is 0 Å². The van der Waals surface area contributed by atoms with Gasteiger partial charge in [0, 0.05) is 18.4 Å². The molecule has 0 radical (unpaired) electrons. The van der Waals surface area contributed by atoms with E-state index in [1.54, 1.807) is 0 Å². The quantitative estimate of drug-likeness (QED) is 0.844. The molecule has 0 aliphatic heterocycles. The Morgan fingerprint density at radius 2 is 1.40 bits per heavy atom. The summed E-state index contributed by atoms with van der Waals surface area (Å²) in [5, 5.41) is 3.94. The highest BCUT2D eigenvalue weighted by Gasteiger charge is 2.45. The van der Waals surface area contributed by atoms with E-state index in [1.165, 1.54) is 11.1 Å². The average molecular weight is 335 g/mol. The first-order valence-electron chi connectivity index (χ1n) is 9.34. The molecule has 0 bridgehead atoms. The standard InChI is InChI=1S/C23H29NO/c1-22(2,3)24-23(18-11-6-4-7-12-18,19-13-8-5-9-14-19)20-15-10-16-21(25)17-20/h4-9,11-14,20,24H,10,15-17H2,1-3H3. The number of carbonyl (C=O) groups excluding carboxylic acids is 1. The lowest BCUT2D eigenvalue weighted by molar-refractivity contribution is -0.122. The maximum Gasteiger partial charge on any atom is 0.133 e. The molecular formula is C23H29NO. The normalized spacial score (nSPS) is 19.0. The number of hydrogen-bond donors (Lipinski definition) is 1. The van der Waals surface area contributed by atoms with Crippen molar-refractivity contribution in [3.63, 3.8) is 0 Å². The molecule has 3 rings (SSSR count). The Hall–Kier alpha value is -1.93. The van der Waals surface area contributed by atoms with Crippen LogP contribution in [0.1, 0.15) is 57.6 Å². The van der Waals surface area contributed by atoms with E-state index >= 15 is 0 Å². The van der Waals surface area contributed by atoms with Crippen molar-refractivity contribution in [3.05, 3.63) is 71.8 Å². The maximum absolute atomic E-state index is 12.3. The SMILES string of the molecule is CC(C)(C)NC(c1ccccc1)(c1ccccc1)C1CCCC(=O)C1. The third-order valence-electron chi connectivity index (χ3n) is 5.13. The molecule has 0 saturated heterocycles. The highest BCUT2D eigenvalue weighted by molar-refractivity contribution is 5.79. The summed E-state index contributed by atoms with van der Waals surface area (Å²) < 4.78 is 0. The summed E-state index contributed by atoms with van der Waals surface area (Å²) >= 11 is 0. The minimum absolute atomic E-state index is 0.0772. The first-order chi connectivity index (χ1) is 11.9. The first kappa shape index (κ1) is 17.9. The van der Waals surface area contributed by atoms with Gasteiger partial charge in [-0.1, -0.05) is 60.7 Å². The minimum atomic E-state index is -0.350. The summed E-state index contributed by atoms with van der Waals surface area (Å²) in [6, 6.07) is 21.3. The molecule has 1 fully saturated rings. The second-order valence-corrected chi connectivity index (χ2v) is 8.25. The van der Waals surface area contributed by atoms with E-state index in [9.17, 15) is 4.79 Å². The minimum Gasteiger partial charge on any atom is -0.300 e. The zero-order valence-corrected chi connectivity index (χ0v) is 15.6. The Morgan fingerprint density at radius 1 is 0.880 bits per heavy atom. The lowest BCUT2D eigenvalue weighted by atomic mass is 9.66. The van der Waals surface area contributed by atoms with E-state index in [0.29, 0.717) is 12.2 Å². The molecule has 0 amide bonds. The smallest absolute Gasteiger partial charge is 0.133 e. The average Bonchev–Trinajstić information content (AvgIpc) is 2.60. The molecule has 25 heavy (non-hydrogen) atoms. The number of ketones is 1. The van der Waals surface area contributed by atoms with Crippen LogP contribution in [0, 0.1) is 5.92 Å². The second-order valence-electron chi connectivity index (χ2n) is 8.25. The molecule has 0 heterocycles. The summed E-state index contributed by atoms with van der Waals surface area (Å²) in [7, 11) is 0. The zero-order valence-electron chi connectivity index (χ0n) is 15.6. The molecule has 1 saturated carbocycles. The zero-order chi connectivity index (χ0) is 17.9. The molecule has 0 aromatic heterocycles. The van der Waals surface area contributed by atoms with Gasteiger partial charge in [0.1, 0.15) is 5.78 Å². The maximum atomic E-state index is 12.3. The molecule has 1 atom stereocenters. The van der Waals surface area contributed by atoms with Gasteiger partial charge in [0.25, 0.3) is 0 Å². The fourth-order valence-corrected chi connectivity index (χ4v) is 4.27. The fourth-order valence-electron chi connectivity index (χ4n) is 4.27. The predicted octanol–water partition coefficient (Wildman–Crippen LogP) is 5.08. The number of benzene rings is 2. The Labute approximate surface area is 151 Å². The van der Waals surface area contributed by atoms with Crippen molar-refractivity contribution in [2.75, 3.05) is 0 Å². The van der Waals surface area contributed by atoms with Crippen LogP contribution in [0.2, 0.25) is 0 Å². The van der Waals surface area contributed by atoms with Crippen molar-refractivity contribution < 1.29 is 4.79 Å². The van der Waals surface area contributed by atoms with Crippen LogP contribution in [0.5, 0.6) is 0 Å². The van der Waals surface area contributed by atoms with E-state index in [4.69, 9.17) is 0 Å². The molecular weight excluding hydrogens is 306 g/mol. The summed E-state index contributed by atoms with van der Waals surface area (Å²) in [5.41, 5.74) is 2.06. The van der Waals surface area contributed by atoms with Crippen molar-refractivity contribution in [3.8, 4) is 0 Å². The summed E-state index contributed by atoms with van der Waals surface area (Å²) in [5.74, 6) is 0.654. The molecule has 0 spiro atoms. The largest absolute Gasteiger partial charge is 0.300 e. The number of rotatable bonds is 4. The van der Waals surface area contributed by atoms with Crippen molar-refractivity contribution >= 4 is 5.78 Å². The van der Waals surface area contributed by atoms with Crippen molar-refractivity contribution in [2.24, 2.45) is 5.92 Å². The molecule has 132 valence electrons. The molecule has 2 heteroatoms. The Morgan fingerprint density at radius 3 is 1.84 bits per heavy atom. The number of carbonyl (C=O) groups is 1. The van der Waals surface area contributed by atoms with Crippen LogP contribution >= 0.6 is 0 Å². The number of hydrogen-bond acceptors (Lipinski definition) is 2. The first-order valence-corrected chi connectivity index (χ1v) is 9.34. The van der Waals surface area contributed by atoms with Gasteiger partial charge >= 0.3 is 0 Å². The summed E-state index contributed by atoms with van der Waals surface area (Å²) in [6.45, 7) is 6.62. The van der Waals surface area contributed by atoms with Crippen molar-refractivity contribution in [1.29, 1.82) is 0 Å². The van der Waals surface area contributed by atoms with Crippen LogP contribution in [0.3, 0.4) is 0 Å². The van der Waals surface area contributed by atoms with Gasteiger partial charge in [-0.25, -0.2) is 0 Å². The van der Waals surface area contributed by atoms with E-state index in [-0.39, 0.29) is 17.0 Å². The van der Waals surface area contributed by atoms with E-state index in [0.717, 1.165) is 19.3 Å². The van der Waals surface area contributed by atoms with Gasteiger partial charge in [0.15, 0.2) is 0 Å². The molecule has 1 aliphatic rings. The molecule has 2 aromatic rings. The van der Waals surface area contributed by atoms with Crippen molar-refractivity contribution in [2.45, 2.75) is 57.5 Å². The Kier molecular flexibility index (Phi) is 5.10. The summed E-state index contributed by atoms with van der Waals surface area (Å²) in [4.78, 5) is 12.3. The van der Waals surface area contributed by atoms with Crippen molar-refractivity contribution in [1.82, 2.24) is 5.32 Å². The van der Waals surface area contributed by atoms with Crippen LogP contribution < -0.4 is 5.32 Å². The molecule has 1 aliphatic carbocycles. The lowest BCUT2D eigenvalue weighted by Crippen LogP contribution is -2.57. The van der Waals surface area contributed by atoms with Gasteiger partial charge < -0.3 is 0 Å². The second kappa shape index (κ2) is 7.13. The van der Waals surface area contributed by atoms with Gasteiger partial charge in [-0.2, -0.15) is 0 Å². The molecule has 2 aromatic carbocycles. The Balaban J connectivity index is 2.21. The van der Waals surface area contributed by atoms with Gasteiger partial charge in [0.05, 0.1) is 5.54 Å². The van der Waals surface area contributed by atoms with Crippen LogP contribution in [-0.4, -0.2) is 11.3 Å².